The number of nitrogens with zero attached hydrogens (tertiary/aromatic N) is 1. The van der Waals surface area contributed by atoms with Crippen molar-refractivity contribution in [1.29, 1.82) is 0 Å². The van der Waals surface area contributed by atoms with E-state index in [0.717, 1.165) is 62.4 Å². The highest BCUT2D eigenvalue weighted by atomic mass is 32.2. The fourth-order valence-electron chi connectivity index (χ4n) is 7.86. The summed E-state index contributed by atoms with van der Waals surface area (Å²) in [7, 11) is -4.34. The molecule has 1 N–H and O–H groups in total. The van der Waals surface area contributed by atoms with Gasteiger partial charge in [-0.15, -0.1) is 0 Å². The van der Waals surface area contributed by atoms with Crippen molar-refractivity contribution in [3.63, 3.8) is 0 Å². The van der Waals surface area contributed by atoms with Crippen LogP contribution in [0.3, 0.4) is 0 Å². The summed E-state index contributed by atoms with van der Waals surface area (Å²) in [6.07, 6.45) is 5.76. The number of aryl methyl sites for hydroxylation is 5. The molecule has 5 aromatic rings. The fraction of sp³-hybridized carbons (Fsp3) is 0.213. The predicted molar refractivity (Wildman–Crippen MR) is 217 cm³/mol. The van der Waals surface area contributed by atoms with Crippen LogP contribution in [0.4, 0.5) is 5.69 Å². The van der Waals surface area contributed by atoms with Crippen molar-refractivity contribution in [2.24, 2.45) is 4.99 Å². The maximum absolute atomic E-state index is 12.2. The maximum Gasteiger partial charge on any atom is 0.295 e. The van der Waals surface area contributed by atoms with E-state index in [1.54, 1.807) is 13.8 Å². The highest BCUT2D eigenvalue weighted by Crippen LogP contribution is 2.38. The van der Waals surface area contributed by atoms with Gasteiger partial charge in [-0.1, -0.05) is 90.5 Å². The average molecular weight is 706 g/mol. The molecule has 0 saturated heterocycles. The Kier molecular flexibility index (Phi) is 10.5. The molecule has 0 amide bonds. The molecule has 0 bridgehead atoms. The van der Waals surface area contributed by atoms with Gasteiger partial charge < -0.3 is 0 Å². The second-order valence-corrected chi connectivity index (χ2v) is 15.7. The lowest BCUT2D eigenvalue weighted by Crippen LogP contribution is -2.08. The standard InChI is InChI=1S/C47H47NO3S/c1-29-22-30(2)43(31(3)23-29)27-37-14-18-39(19-15-37)46(45-33(5)25-42(26-34(45)6)48-41-12-10-9-11-13-41)40-20-16-38(17-21-40)28-44-32(4)24-35(7)47(36(44)8)52(49,50)51/h9-26H,27-28H2,1-8H3,(H,49,50,51). The molecular weight excluding hydrogens is 659 g/mol. The van der Waals surface area contributed by atoms with E-state index in [9.17, 15) is 13.0 Å². The molecule has 1 aliphatic rings. The van der Waals surface area contributed by atoms with Gasteiger partial charge >= 0.3 is 0 Å². The summed E-state index contributed by atoms with van der Waals surface area (Å²) < 4.78 is 34.5. The molecular formula is C47H47NO3S. The normalized spacial score (nSPS) is 13.2. The van der Waals surface area contributed by atoms with Crippen molar-refractivity contribution in [3.8, 4) is 0 Å². The summed E-state index contributed by atoms with van der Waals surface area (Å²) in [5.41, 5.74) is 19.4. The Morgan fingerprint density at radius 3 is 1.58 bits per heavy atom. The molecule has 0 radical (unpaired) electrons. The van der Waals surface area contributed by atoms with E-state index in [-0.39, 0.29) is 4.90 Å². The van der Waals surface area contributed by atoms with Crippen LogP contribution in [0.1, 0.15) is 80.6 Å². The number of benzene rings is 5. The maximum atomic E-state index is 12.2. The number of para-hydroxylation sites is 1. The number of allylic oxidation sites excluding steroid dienone is 5. The average Bonchev–Trinajstić information content (AvgIpc) is 3.07. The Bertz CT molecular complexity index is 2360. The zero-order chi connectivity index (χ0) is 37.3. The highest BCUT2D eigenvalue weighted by Gasteiger charge is 2.22. The largest absolute Gasteiger partial charge is 0.295 e. The van der Waals surface area contributed by atoms with Crippen LogP contribution in [0.5, 0.6) is 0 Å². The molecule has 0 unspecified atom stereocenters. The van der Waals surface area contributed by atoms with Gasteiger partial charge in [-0.25, -0.2) is 4.99 Å². The lowest BCUT2D eigenvalue weighted by Gasteiger charge is -2.22. The molecule has 5 aromatic carbocycles. The lowest BCUT2D eigenvalue weighted by molar-refractivity contribution is 0.481. The van der Waals surface area contributed by atoms with Crippen molar-refractivity contribution < 1.29 is 13.0 Å². The molecule has 0 fully saturated rings. The van der Waals surface area contributed by atoms with E-state index in [2.05, 4.69) is 107 Å². The molecule has 5 heteroatoms. The summed E-state index contributed by atoms with van der Waals surface area (Å²) >= 11 is 0. The van der Waals surface area contributed by atoms with Crippen molar-refractivity contribution in [2.75, 3.05) is 0 Å². The lowest BCUT2D eigenvalue weighted by atomic mass is 9.82. The van der Waals surface area contributed by atoms with Crippen LogP contribution in [0.25, 0.3) is 5.57 Å². The summed E-state index contributed by atoms with van der Waals surface area (Å²) in [6.45, 7) is 16.4. The molecule has 6 rings (SSSR count). The minimum atomic E-state index is -4.34. The number of hydrogen-bond donors (Lipinski definition) is 1. The molecule has 0 spiro atoms. The third-order valence-electron chi connectivity index (χ3n) is 10.2. The second-order valence-electron chi connectivity index (χ2n) is 14.3. The van der Waals surface area contributed by atoms with Gasteiger partial charge in [0, 0.05) is 0 Å². The third-order valence-corrected chi connectivity index (χ3v) is 11.3. The fourth-order valence-corrected chi connectivity index (χ4v) is 8.83. The van der Waals surface area contributed by atoms with Crippen molar-refractivity contribution in [2.45, 2.75) is 73.1 Å². The van der Waals surface area contributed by atoms with E-state index < -0.39 is 10.1 Å². The Hall–Kier alpha value is -5.10. The highest BCUT2D eigenvalue weighted by molar-refractivity contribution is 7.86. The number of aliphatic imine (C=N–C) groups is 1. The molecule has 52 heavy (non-hydrogen) atoms. The van der Waals surface area contributed by atoms with Crippen LogP contribution >= 0.6 is 0 Å². The SMILES string of the molecule is CC1=CC(=Nc2ccccc2)C=C(C)C1=C(c1ccc(Cc2c(C)cc(C)cc2C)cc1)c1ccc(Cc2c(C)cc(C)c(S(=O)(=O)O)c2C)cc1. The molecule has 0 aromatic heterocycles. The molecule has 264 valence electrons. The Morgan fingerprint density at radius 1 is 0.596 bits per heavy atom. The van der Waals surface area contributed by atoms with Gasteiger partial charge in [0.15, 0.2) is 0 Å². The Balaban J connectivity index is 1.42. The first kappa shape index (κ1) is 36.7. The first-order valence-electron chi connectivity index (χ1n) is 17.8. The summed E-state index contributed by atoms with van der Waals surface area (Å²) in [4.78, 5) is 4.91. The topological polar surface area (TPSA) is 66.7 Å². The third kappa shape index (κ3) is 7.86. The van der Waals surface area contributed by atoms with Crippen LogP contribution in [0.2, 0.25) is 0 Å². The Labute approximate surface area is 309 Å². The first-order chi connectivity index (χ1) is 24.7. The van der Waals surface area contributed by atoms with Crippen LogP contribution < -0.4 is 0 Å². The van der Waals surface area contributed by atoms with Gasteiger partial charge in [0.05, 0.1) is 16.3 Å². The predicted octanol–water partition coefficient (Wildman–Crippen LogP) is 11.4. The molecule has 0 saturated carbocycles. The molecule has 0 heterocycles. The Morgan fingerprint density at radius 2 is 1.08 bits per heavy atom. The zero-order valence-corrected chi connectivity index (χ0v) is 32.2. The zero-order valence-electron chi connectivity index (χ0n) is 31.4. The van der Waals surface area contributed by atoms with Gasteiger partial charge in [-0.2, -0.15) is 8.42 Å². The first-order valence-corrected chi connectivity index (χ1v) is 19.2. The van der Waals surface area contributed by atoms with Crippen molar-refractivity contribution >= 4 is 27.1 Å². The van der Waals surface area contributed by atoms with Gasteiger partial charge in [-0.3, -0.25) is 4.55 Å². The number of hydrogen-bond acceptors (Lipinski definition) is 3. The number of rotatable bonds is 8. The second kappa shape index (κ2) is 14.9. The minimum Gasteiger partial charge on any atom is -0.282 e. The monoisotopic (exact) mass is 705 g/mol. The summed E-state index contributed by atoms with van der Waals surface area (Å²) in [5, 5.41) is 0. The molecule has 0 aliphatic heterocycles. The van der Waals surface area contributed by atoms with Gasteiger partial charge in [-0.05, 0) is 176 Å². The van der Waals surface area contributed by atoms with Crippen LogP contribution in [-0.4, -0.2) is 18.7 Å². The van der Waals surface area contributed by atoms with Gasteiger partial charge in [0.25, 0.3) is 10.1 Å². The summed E-state index contributed by atoms with van der Waals surface area (Å²) in [6, 6.07) is 34.0. The van der Waals surface area contributed by atoms with Gasteiger partial charge in [0.2, 0.25) is 0 Å². The molecule has 1 aliphatic carbocycles. The van der Waals surface area contributed by atoms with Crippen molar-refractivity contribution in [1.82, 2.24) is 0 Å². The van der Waals surface area contributed by atoms with E-state index in [1.807, 2.05) is 43.3 Å². The van der Waals surface area contributed by atoms with E-state index >= 15 is 0 Å². The summed E-state index contributed by atoms with van der Waals surface area (Å²) in [5.74, 6) is 0. The van der Waals surface area contributed by atoms with E-state index in [1.165, 1.54) is 33.4 Å². The van der Waals surface area contributed by atoms with Crippen LogP contribution in [-0.2, 0) is 23.0 Å². The van der Waals surface area contributed by atoms with Crippen LogP contribution in [0, 0.1) is 41.5 Å². The minimum absolute atomic E-state index is 0.00452. The van der Waals surface area contributed by atoms with Crippen molar-refractivity contribution in [3.05, 3.63) is 193 Å². The molecule has 0 atom stereocenters. The van der Waals surface area contributed by atoms with E-state index in [4.69, 9.17) is 4.99 Å². The molecule has 4 nitrogen and oxygen atoms in total. The van der Waals surface area contributed by atoms with E-state index in [0.29, 0.717) is 17.5 Å². The van der Waals surface area contributed by atoms with Gasteiger partial charge in [0.1, 0.15) is 0 Å². The quantitative estimate of drug-likeness (QED) is 0.163. The van der Waals surface area contributed by atoms with Crippen LogP contribution in [0.15, 0.2) is 136 Å². The smallest absolute Gasteiger partial charge is 0.282 e.